The van der Waals surface area contributed by atoms with E-state index in [2.05, 4.69) is 10.3 Å². The Bertz CT molecular complexity index is 710. The van der Waals surface area contributed by atoms with Gasteiger partial charge in [0.15, 0.2) is 0 Å². The third-order valence-corrected chi connectivity index (χ3v) is 4.25. The smallest absolute Gasteiger partial charge is 0.326 e. The topological polar surface area (TPSA) is 92.9 Å². The fourth-order valence-electron chi connectivity index (χ4n) is 3.02. The van der Waals surface area contributed by atoms with Gasteiger partial charge in [-0.2, -0.15) is 0 Å². The molecule has 1 heterocycles. The van der Waals surface area contributed by atoms with Gasteiger partial charge in [0.1, 0.15) is 0 Å². The number of hydrogen-bond acceptors (Lipinski definition) is 3. The number of fused-ring (bicyclic) bond motifs is 1. The lowest BCUT2D eigenvalue weighted by Gasteiger charge is -2.22. The van der Waals surface area contributed by atoms with Crippen molar-refractivity contribution in [1.29, 1.82) is 0 Å². The van der Waals surface area contributed by atoms with Gasteiger partial charge in [-0.05, 0) is 25.0 Å². The minimum atomic E-state index is -0.717. The van der Waals surface area contributed by atoms with E-state index in [0.29, 0.717) is 13.1 Å². The highest BCUT2D eigenvalue weighted by Crippen LogP contribution is 2.27. The first-order valence-electron chi connectivity index (χ1n) is 7.35. The molecule has 1 aliphatic carbocycles. The van der Waals surface area contributed by atoms with Gasteiger partial charge in [0.05, 0.1) is 16.6 Å². The molecule has 0 spiro atoms. The maximum Gasteiger partial charge on any atom is 0.326 e. The third-order valence-electron chi connectivity index (χ3n) is 4.25. The largest absolute Gasteiger partial charge is 0.353 e. The van der Waals surface area contributed by atoms with Crippen molar-refractivity contribution in [2.24, 2.45) is 5.73 Å². The number of rotatable bonds is 4. The SMILES string of the molecule is NC1(C(=O)NCCn2c(=O)[nH]c3ccccc32)CCCC1. The summed E-state index contributed by atoms with van der Waals surface area (Å²) in [7, 11) is 0. The zero-order chi connectivity index (χ0) is 14.9. The van der Waals surface area contributed by atoms with Crippen molar-refractivity contribution in [3.05, 3.63) is 34.7 Å². The summed E-state index contributed by atoms with van der Waals surface area (Å²) < 4.78 is 1.63. The molecule has 3 rings (SSSR count). The monoisotopic (exact) mass is 288 g/mol. The second-order valence-corrected chi connectivity index (χ2v) is 5.72. The van der Waals surface area contributed by atoms with Gasteiger partial charge in [-0.15, -0.1) is 0 Å². The molecular formula is C15H20N4O2. The van der Waals surface area contributed by atoms with Gasteiger partial charge in [-0.25, -0.2) is 4.79 Å². The van der Waals surface area contributed by atoms with Gasteiger partial charge in [0.2, 0.25) is 5.91 Å². The number of hydrogen-bond donors (Lipinski definition) is 3. The maximum atomic E-state index is 12.1. The van der Waals surface area contributed by atoms with Crippen LogP contribution in [0.25, 0.3) is 11.0 Å². The Morgan fingerprint density at radius 3 is 2.81 bits per heavy atom. The Morgan fingerprint density at radius 2 is 2.05 bits per heavy atom. The van der Waals surface area contributed by atoms with Crippen LogP contribution in [0.3, 0.4) is 0 Å². The number of benzene rings is 1. The van der Waals surface area contributed by atoms with Crippen LogP contribution in [0.15, 0.2) is 29.1 Å². The van der Waals surface area contributed by atoms with Crippen molar-refractivity contribution < 1.29 is 4.79 Å². The highest BCUT2D eigenvalue weighted by Gasteiger charge is 2.36. The number of aromatic nitrogens is 2. The number of amides is 1. The van der Waals surface area contributed by atoms with Crippen molar-refractivity contribution in [1.82, 2.24) is 14.9 Å². The van der Waals surface area contributed by atoms with Crippen molar-refractivity contribution in [3.8, 4) is 0 Å². The van der Waals surface area contributed by atoms with Crippen molar-refractivity contribution in [2.75, 3.05) is 6.54 Å². The van der Waals surface area contributed by atoms with Crippen LogP contribution in [0.2, 0.25) is 0 Å². The molecule has 0 atom stereocenters. The molecule has 1 aromatic heterocycles. The number of nitrogens with two attached hydrogens (primary N) is 1. The molecule has 4 N–H and O–H groups in total. The zero-order valence-corrected chi connectivity index (χ0v) is 11.9. The van der Waals surface area contributed by atoms with E-state index in [0.717, 1.165) is 36.7 Å². The van der Waals surface area contributed by atoms with E-state index < -0.39 is 5.54 Å². The highest BCUT2D eigenvalue weighted by molar-refractivity contribution is 5.86. The summed E-state index contributed by atoms with van der Waals surface area (Å²) in [6, 6.07) is 7.51. The first-order chi connectivity index (χ1) is 10.1. The highest BCUT2D eigenvalue weighted by atomic mass is 16.2. The Balaban J connectivity index is 1.66. The van der Waals surface area contributed by atoms with Gasteiger partial charge in [0, 0.05) is 13.1 Å². The van der Waals surface area contributed by atoms with E-state index in [-0.39, 0.29) is 11.6 Å². The minimum absolute atomic E-state index is 0.104. The van der Waals surface area contributed by atoms with E-state index in [1.54, 1.807) is 4.57 Å². The standard InChI is InChI=1S/C15H20N4O2/c16-15(7-3-4-8-15)13(20)17-9-10-19-12-6-2-1-5-11(12)18-14(19)21/h1-2,5-6H,3-4,7-10,16H2,(H,17,20)(H,18,21). The fraction of sp³-hybridized carbons (Fsp3) is 0.467. The number of carbonyl (C=O) groups is 1. The summed E-state index contributed by atoms with van der Waals surface area (Å²) in [5.74, 6) is -0.104. The van der Waals surface area contributed by atoms with Crippen LogP contribution >= 0.6 is 0 Å². The molecule has 0 bridgehead atoms. The first kappa shape index (κ1) is 13.9. The van der Waals surface area contributed by atoms with Crippen LogP contribution < -0.4 is 16.7 Å². The van der Waals surface area contributed by atoms with E-state index >= 15 is 0 Å². The lowest BCUT2D eigenvalue weighted by atomic mass is 9.98. The normalized spacial score (nSPS) is 17.2. The quantitative estimate of drug-likeness (QED) is 0.774. The van der Waals surface area contributed by atoms with E-state index in [1.165, 1.54) is 0 Å². The van der Waals surface area contributed by atoms with Gasteiger partial charge in [-0.3, -0.25) is 9.36 Å². The second kappa shape index (κ2) is 5.37. The van der Waals surface area contributed by atoms with E-state index in [9.17, 15) is 9.59 Å². The molecule has 2 aromatic rings. The summed E-state index contributed by atoms with van der Waals surface area (Å²) in [4.78, 5) is 26.8. The zero-order valence-electron chi connectivity index (χ0n) is 11.9. The number of nitrogens with one attached hydrogen (secondary N) is 2. The molecular weight excluding hydrogens is 268 g/mol. The average molecular weight is 288 g/mol. The van der Waals surface area contributed by atoms with Crippen molar-refractivity contribution in [3.63, 3.8) is 0 Å². The Morgan fingerprint density at radius 1 is 1.33 bits per heavy atom. The molecule has 112 valence electrons. The van der Waals surface area contributed by atoms with E-state index in [4.69, 9.17) is 5.73 Å². The molecule has 1 saturated carbocycles. The Labute approximate surface area is 122 Å². The molecule has 0 unspecified atom stereocenters. The van der Waals surface area contributed by atoms with Crippen LogP contribution in [0, 0.1) is 0 Å². The Kier molecular flexibility index (Phi) is 3.55. The summed E-state index contributed by atoms with van der Waals surface area (Å²) in [5, 5.41) is 2.86. The second-order valence-electron chi connectivity index (χ2n) is 5.72. The molecule has 0 radical (unpaired) electrons. The van der Waals surface area contributed by atoms with Crippen LogP contribution in [0.1, 0.15) is 25.7 Å². The van der Waals surface area contributed by atoms with Gasteiger partial charge >= 0.3 is 5.69 Å². The number of imidazole rings is 1. The third kappa shape index (κ3) is 2.58. The van der Waals surface area contributed by atoms with Crippen LogP contribution in [-0.2, 0) is 11.3 Å². The average Bonchev–Trinajstić information content (AvgIpc) is 3.04. The first-order valence-corrected chi connectivity index (χ1v) is 7.35. The molecule has 0 saturated heterocycles. The number of para-hydroxylation sites is 2. The lowest BCUT2D eigenvalue weighted by Crippen LogP contribution is -2.52. The number of carbonyl (C=O) groups excluding carboxylic acids is 1. The van der Waals surface area contributed by atoms with Crippen LogP contribution in [-0.4, -0.2) is 27.5 Å². The predicted molar refractivity (Wildman–Crippen MR) is 81.0 cm³/mol. The van der Waals surface area contributed by atoms with E-state index in [1.807, 2.05) is 24.3 Å². The molecule has 1 fully saturated rings. The molecule has 1 amide bonds. The maximum absolute atomic E-state index is 12.1. The molecule has 1 aromatic carbocycles. The van der Waals surface area contributed by atoms with Crippen LogP contribution in [0.4, 0.5) is 0 Å². The van der Waals surface area contributed by atoms with Gasteiger partial charge < -0.3 is 16.0 Å². The molecule has 21 heavy (non-hydrogen) atoms. The number of nitrogens with zero attached hydrogens (tertiary/aromatic N) is 1. The fourth-order valence-corrected chi connectivity index (χ4v) is 3.02. The Hall–Kier alpha value is -2.08. The molecule has 1 aliphatic rings. The summed E-state index contributed by atoms with van der Waals surface area (Å²) >= 11 is 0. The summed E-state index contributed by atoms with van der Waals surface area (Å²) in [6.45, 7) is 0.838. The molecule has 0 aliphatic heterocycles. The number of H-pyrrole nitrogens is 1. The summed E-state index contributed by atoms with van der Waals surface area (Å²) in [5.41, 5.74) is 6.87. The van der Waals surface area contributed by atoms with Crippen molar-refractivity contribution in [2.45, 2.75) is 37.8 Å². The number of aromatic amines is 1. The lowest BCUT2D eigenvalue weighted by molar-refractivity contribution is -0.126. The van der Waals surface area contributed by atoms with Gasteiger partial charge in [0.25, 0.3) is 0 Å². The minimum Gasteiger partial charge on any atom is -0.353 e. The predicted octanol–water partition coefficient (Wildman–Crippen LogP) is 0.717. The van der Waals surface area contributed by atoms with Crippen LogP contribution in [0.5, 0.6) is 0 Å². The van der Waals surface area contributed by atoms with Crippen molar-refractivity contribution >= 4 is 16.9 Å². The summed E-state index contributed by atoms with van der Waals surface area (Å²) in [6.07, 6.45) is 3.50. The van der Waals surface area contributed by atoms with Gasteiger partial charge in [-0.1, -0.05) is 25.0 Å². The molecule has 6 heteroatoms. The molecule has 6 nitrogen and oxygen atoms in total.